The van der Waals surface area contributed by atoms with Crippen molar-refractivity contribution in [1.82, 2.24) is 10.1 Å². The Morgan fingerprint density at radius 1 is 0.742 bits per heavy atom. The first-order valence-electron chi connectivity index (χ1n) is 25.5. The molecule has 4 saturated heterocycles. The summed E-state index contributed by atoms with van der Waals surface area (Å²) in [5.41, 5.74) is 2.56. The molecule has 2 spiro atoms. The summed E-state index contributed by atoms with van der Waals surface area (Å²) in [5, 5.41) is 4.51. The third-order valence-corrected chi connectivity index (χ3v) is 15.4. The highest BCUT2D eigenvalue weighted by Crippen LogP contribution is 2.54. The molecule has 12 nitrogen and oxygen atoms in total. The van der Waals surface area contributed by atoms with E-state index < -0.39 is 11.6 Å². The Hall–Kier alpha value is -2.78. The van der Waals surface area contributed by atoms with Crippen LogP contribution in [0.4, 0.5) is 0 Å². The quantitative estimate of drug-likeness (QED) is 0.0930. The highest BCUT2D eigenvalue weighted by Gasteiger charge is 2.62. The summed E-state index contributed by atoms with van der Waals surface area (Å²) in [6.07, 6.45) is 11.2. The van der Waals surface area contributed by atoms with Crippen LogP contribution in [-0.2, 0) is 54.1 Å². The van der Waals surface area contributed by atoms with Gasteiger partial charge in [-0.15, -0.1) is 0 Å². The van der Waals surface area contributed by atoms with Gasteiger partial charge >= 0.3 is 5.97 Å². The molecule has 2 aromatic carbocycles. The van der Waals surface area contributed by atoms with Gasteiger partial charge in [-0.2, -0.15) is 10.1 Å². The molecule has 5 heterocycles. The number of carbonyl (C=O) groups is 2. The van der Waals surface area contributed by atoms with Crippen LogP contribution in [0, 0.1) is 0 Å². The number of Topliss-reactive ketones (excluding diaryl/α,β-unsaturated/α-hetero) is 1. The number of carbonyl (C=O) groups excluding carboxylic acids is 2. The van der Waals surface area contributed by atoms with Crippen molar-refractivity contribution in [2.75, 3.05) is 33.0 Å². The summed E-state index contributed by atoms with van der Waals surface area (Å²) in [7, 11) is 0. The molecular weight excluding hydrogens is 837 g/mol. The summed E-state index contributed by atoms with van der Waals surface area (Å²) in [6, 6.07) is 19.0. The lowest BCUT2D eigenvalue weighted by Crippen LogP contribution is -2.68. The normalized spacial score (nSPS) is 31.0. The van der Waals surface area contributed by atoms with E-state index in [1.165, 1.54) is 11.1 Å². The van der Waals surface area contributed by atoms with E-state index in [2.05, 4.69) is 121 Å². The van der Waals surface area contributed by atoms with Gasteiger partial charge in [0.15, 0.2) is 11.6 Å². The Labute approximate surface area is 395 Å². The number of aryl methyl sites for hydroxylation is 1. The fraction of sp³-hybridized carbons (Fsp3) is 0.741. The molecule has 2 aromatic rings. The van der Waals surface area contributed by atoms with Crippen LogP contribution in [0.1, 0.15) is 188 Å². The summed E-state index contributed by atoms with van der Waals surface area (Å²) in [6.45, 7) is 21.6. The lowest BCUT2D eigenvalue weighted by molar-refractivity contribution is -0.361. The number of nitrogens with zero attached hydrogens (tertiary/aromatic N) is 2. The van der Waals surface area contributed by atoms with Gasteiger partial charge < -0.3 is 28.4 Å². The maximum atomic E-state index is 12.8. The minimum Gasteiger partial charge on any atom is -0.463 e. The molecule has 4 fully saturated rings. The standard InChI is InChI=1S/C54H82N2O10/c1-10-51(11-2)38-53(36-49(6,7)55(51)65-40(4)42-22-16-15-17-23-42)61-34-45(63-53)32-59-31-29-44(57)25-18-13-14-19-27-48(58)60-33-46-35-62-54(64-46)37-50(8,9)56-52(12-3,39-54)30-28-43-24-20-21-26-47(43)41(5)66-56/h15-17,20-24,26,40-41,45-46H,10-14,18-19,25,27-39H2,1-9H3. The number of esters is 1. The predicted molar refractivity (Wildman–Crippen MR) is 253 cm³/mol. The van der Waals surface area contributed by atoms with Crippen molar-refractivity contribution < 1.29 is 47.7 Å². The third kappa shape index (κ3) is 11.6. The summed E-state index contributed by atoms with van der Waals surface area (Å²) < 4.78 is 38.1. The van der Waals surface area contributed by atoms with E-state index in [4.69, 9.17) is 38.1 Å². The van der Waals surface area contributed by atoms with Gasteiger partial charge in [0.25, 0.3) is 0 Å². The molecule has 368 valence electrons. The van der Waals surface area contributed by atoms with Crippen LogP contribution in [0.25, 0.3) is 0 Å². The Bertz CT molecular complexity index is 1910. The molecule has 7 unspecified atom stereocenters. The maximum Gasteiger partial charge on any atom is 0.305 e. The second-order valence-electron chi connectivity index (χ2n) is 21.4. The molecule has 12 heteroatoms. The number of ketones is 1. The van der Waals surface area contributed by atoms with Gasteiger partial charge in [-0.1, -0.05) is 88.2 Å². The monoisotopic (exact) mass is 919 g/mol. The van der Waals surface area contributed by atoms with E-state index in [0.29, 0.717) is 71.4 Å². The number of fused-ring (bicyclic) bond motifs is 2. The van der Waals surface area contributed by atoms with Crippen molar-refractivity contribution in [3.8, 4) is 0 Å². The Morgan fingerprint density at radius 2 is 1.38 bits per heavy atom. The maximum absolute atomic E-state index is 12.8. The molecule has 5 aliphatic heterocycles. The fourth-order valence-corrected chi connectivity index (χ4v) is 12.1. The van der Waals surface area contributed by atoms with E-state index in [-0.39, 0.29) is 64.9 Å². The van der Waals surface area contributed by atoms with Gasteiger partial charge in [-0.25, -0.2) is 0 Å². The summed E-state index contributed by atoms with van der Waals surface area (Å²) in [5.74, 6) is -1.48. The predicted octanol–water partition coefficient (Wildman–Crippen LogP) is 10.9. The van der Waals surface area contributed by atoms with Gasteiger partial charge in [-0.05, 0) is 103 Å². The Balaban J connectivity index is 0.758. The minimum absolute atomic E-state index is 0.0533. The number of unbranched alkanes of at least 4 members (excludes halogenated alkanes) is 3. The van der Waals surface area contributed by atoms with Crippen LogP contribution >= 0.6 is 0 Å². The van der Waals surface area contributed by atoms with Crippen LogP contribution in [0.15, 0.2) is 54.6 Å². The summed E-state index contributed by atoms with van der Waals surface area (Å²) >= 11 is 0. The molecule has 0 radical (unpaired) electrons. The van der Waals surface area contributed by atoms with Crippen molar-refractivity contribution in [3.63, 3.8) is 0 Å². The van der Waals surface area contributed by atoms with Crippen LogP contribution in [-0.4, -0.2) is 101 Å². The zero-order valence-corrected chi connectivity index (χ0v) is 41.8. The van der Waals surface area contributed by atoms with Crippen LogP contribution in [0.3, 0.4) is 0 Å². The number of hydrogen-bond donors (Lipinski definition) is 0. The molecule has 66 heavy (non-hydrogen) atoms. The third-order valence-electron chi connectivity index (χ3n) is 15.4. The first kappa shape index (κ1) is 51.1. The van der Waals surface area contributed by atoms with Gasteiger partial charge in [0.05, 0.1) is 37.5 Å². The van der Waals surface area contributed by atoms with Gasteiger partial charge in [0.2, 0.25) is 0 Å². The second-order valence-corrected chi connectivity index (χ2v) is 21.4. The molecule has 0 saturated carbocycles. The topological polar surface area (TPSA) is 114 Å². The lowest BCUT2D eigenvalue weighted by atomic mass is 9.71. The van der Waals surface area contributed by atoms with Crippen molar-refractivity contribution in [3.05, 3.63) is 71.3 Å². The number of benzene rings is 2. The first-order valence-corrected chi connectivity index (χ1v) is 25.5. The molecule has 7 rings (SSSR count). The van der Waals surface area contributed by atoms with E-state index in [1.54, 1.807) is 0 Å². The van der Waals surface area contributed by atoms with Crippen molar-refractivity contribution in [1.29, 1.82) is 0 Å². The fourth-order valence-electron chi connectivity index (χ4n) is 12.1. The number of hydroxylamine groups is 4. The largest absolute Gasteiger partial charge is 0.463 e. The number of rotatable bonds is 20. The van der Waals surface area contributed by atoms with Crippen LogP contribution in [0.2, 0.25) is 0 Å². The van der Waals surface area contributed by atoms with Crippen LogP contribution in [0.5, 0.6) is 0 Å². The van der Waals surface area contributed by atoms with E-state index >= 15 is 0 Å². The van der Waals surface area contributed by atoms with Crippen molar-refractivity contribution in [2.24, 2.45) is 0 Å². The molecule has 7 atom stereocenters. The first-order chi connectivity index (χ1) is 31.5. The Kier molecular flexibility index (Phi) is 16.6. The molecule has 0 aliphatic carbocycles. The number of ether oxygens (including phenoxy) is 6. The molecule has 5 aliphatic rings. The van der Waals surface area contributed by atoms with Gasteiger partial charge in [0.1, 0.15) is 36.8 Å². The Morgan fingerprint density at radius 3 is 2.08 bits per heavy atom. The van der Waals surface area contributed by atoms with E-state index in [1.807, 2.05) is 6.07 Å². The average Bonchev–Trinajstić information content (AvgIpc) is 3.88. The van der Waals surface area contributed by atoms with Gasteiger partial charge in [0, 0.05) is 56.0 Å². The highest BCUT2D eigenvalue weighted by atomic mass is 16.8. The van der Waals surface area contributed by atoms with Crippen LogP contribution < -0.4 is 0 Å². The SMILES string of the molecule is CCC1(CC)CC2(CC(C)(C)N1OC(C)c1ccccc1)OCC(COCCC(=O)CCCCCCC(=O)OCC1COC3(CC(C)(C)N4OC(C)c5ccccc5CCC4(CC)C3)O1)O2. The summed E-state index contributed by atoms with van der Waals surface area (Å²) in [4.78, 5) is 39.1. The highest BCUT2D eigenvalue weighted by molar-refractivity contribution is 5.78. The molecule has 0 bridgehead atoms. The van der Waals surface area contributed by atoms with E-state index in [0.717, 1.165) is 63.4 Å². The molecule has 0 aromatic heterocycles. The molecule has 0 N–H and O–H groups in total. The van der Waals surface area contributed by atoms with Crippen molar-refractivity contribution >= 4 is 11.8 Å². The lowest BCUT2D eigenvalue weighted by Gasteiger charge is -2.59. The smallest absolute Gasteiger partial charge is 0.305 e. The number of piperidine rings is 2. The van der Waals surface area contributed by atoms with E-state index in [9.17, 15) is 9.59 Å². The number of hydrogen-bond acceptors (Lipinski definition) is 12. The second kappa shape index (κ2) is 21.5. The molecular formula is C54H82N2O10. The van der Waals surface area contributed by atoms with Gasteiger partial charge in [-0.3, -0.25) is 19.3 Å². The van der Waals surface area contributed by atoms with Crippen molar-refractivity contribution in [2.45, 2.75) is 223 Å². The average molecular weight is 919 g/mol. The zero-order chi connectivity index (χ0) is 47.2. The zero-order valence-electron chi connectivity index (χ0n) is 41.8. The minimum atomic E-state index is -0.754. The molecule has 0 amide bonds.